The molecule has 1 fully saturated rings. The first kappa shape index (κ1) is 23.7. The summed E-state index contributed by atoms with van der Waals surface area (Å²) < 4.78 is 17.5. The Morgan fingerprint density at radius 3 is 2.59 bits per heavy atom. The Balaban J connectivity index is 0.000000868. The van der Waals surface area contributed by atoms with Crippen LogP contribution in [-0.4, -0.2) is 59.0 Å². The number of oxazole rings is 1. The van der Waals surface area contributed by atoms with E-state index in [1.807, 2.05) is 36.4 Å². The fourth-order valence-electron chi connectivity index (χ4n) is 4.41. The summed E-state index contributed by atoms with van der Waals surface area (Å²) in [5.74, 6) is 2.48. The van der Waals surface area contributed by atoms with Crippen LogP contribution in [0.2, 0.25) is 0 Å². The molecule has 2 aliphatic rings. The van der Waals surface area contributed by atoms with Gasteiger partial charge in [-0.15, -0.1) is 0 Å². The first-order valence-electron chi connectivity index (χ1n) is 11.4. The smallest absolute Gasteiger partial charge is 0.290 e. The van der Waals surface area contributed by atoms with Crippen LogP contribution in [-0.2, 0) is 29.0 Å². The van der Waals surface area contributed by atoms with Gasteiger partial charge < -0.3 is 23.6 Å². The van der Waals surface area contributed by atoms with E-state index < -0.39 is 0 Å². The molecule has 5 rings (SSSR count). The van der Waals surface area contributed by atoms with Crippen LogP contribution in [0, 0.1) is 0 Å². The van der Waals surface area contributed by atoms with Crippen molar-refractivity contribution in [3.8, 4) is 0 Å². The zero-order chi connectivity index (χ0) is 23.9. The molecular weight excluding hydrogens is 438 g/mol. The number of hydrogen-bond donors (Lipinski definition) is 1. The van der Waals surface area contributed by atoms with Crippen LogP contribution < -0.4 is 0 Å². The Hall–Kier alpha value is -3.43. The highest BCUT2D eigenvalue weighted by Gasteiger charge is 2.30. The quantitative estimate of drug-likeness (QED) is 0.549. The number of ether oxygens (including phenoxy) is 1. The molecule has 0 bridgehead atoms. The molecule has 9 nitrogen and oxygen atoms in total. The van der Waals surface area contributed by atoms with Crippen LogP contribution in [0.1, 0.15) is 58.2 Å². The standard InChI is InChI=1S/C24H27N3O4.CH2O2/c1-29-22(17-7-3-2-4-8-17)23-25-19-16-27(14-11-20(19)31-23)24(28)21-10-9-18(30-21)15-26-12-5-6-13-26;2-1-3/h2-4,7-10,22H,5-6,11-16H2,1H3;1H,(H,2,3). The number of benzene rings is 1. The van der Waals surface area contributed by atoms with E-state index in [9.17, 15) is 4.79 Å². The Kier molecular flexibility index (Phi) is 7.76. The van der Waals surface area contributed by atoms with Crippen LogP contribution in [0.3, 0.4) is 0 Å². The van der Waals surface area contributed by atoms with E-state index in [-0.39, 0.29) is 18.5 Å². The van der Waals surface area contributed by atoms with E-state index >= 15 is 0 Å². The van der Waals surface area contributed by atoms with Crippen molar-refractivity contribution in [2.24, 2.45) is 0 Å². The second-order valence-corrected chi connectivity index (χ2v) is 8.28. The van der Waals surface area contributed by atoms with Gasteiger partial charge in [0.05, 0.1) is 13.1 Å². The fourth-order valence-corrected chi connectivity index (χ4v) is 4.41. The minimum absolute atomic E-state index is 0.103. The van der Waals surface area contributed by atoms with Crippen molar-refractivity contribution in [2.75, 3.05) is 26.7 Å². The molecule has 1 atom stereocenters. The number of carboxylic acid groups (broad SMARTS) is 1. The lowest BCUT2D eigenvalue weighted by atomic mass is 10.1. The maximum absolute atomic E-state index is 13.0. The van der Waals surface area contributed by atoms with Gasteiger partial charge >= 0.3 is 0 Å². The van der Waals surface area contributed by atoms with Crippen molar-refractivity contribution in [2.45, 2.75) is 38.5 Å². The molecule has 9 heteroatoms. The molecule has 1 unspecified atom stereocenters. The van der Waals surface area contributed by atoms with Crippen LogP contribution in [0.15, 0.2) is 51.3 Å². The van der Waals surface area contributed by atoms with Gasteiger partial charge in [0.2, 0.25) is 5.89 Å². The summed E-state index contributed by atoms with van der Waals surface area (Å²) in [6.45, 7) is 3.69. The van der Waals surface area contributed by atoms with Crippen molar-refractivity contribution in [1.29, 1.82) is 0 Å². The van der Waals surface area contributed by atoms with Gasteiger partial charge in [-0.25, -0.2) is 4.98 Å². The Bertz CT molecular complexity index is 1090. The predicted octanol–water partition coefficient (Wildman–Crippen LogP) is 3.50. The lowest BCUT2D eigenvalue weighted by Gasteiger charge is -2.24. The Labute approximate surface area is 197 Å². The second-order valence-electron chi connectivity index (χ2n) is 8.28. The third-order valence-electron chi connectivity index (χ3n) is 6.04. The minimum Gasteiger partial charge on any atom is -0.483 e. The first-order valence-corrected chi connectivity index (χ1v) is 11.4. The summed E-state index contributed by atoms with van der Waals surface area (Å²) in [6.07, 6.45) is 2.72. The molecule has 180 valence electrons. The zero-order valence-corrected chi connectivity index (χ0v) is 19.2. The molecule has 34 heavy (non-hydrogen) atoms. The van der Waals surface area contributed by atoms with Crippen molar-refractivity contribution < 1.29 is 28.3 Å². The van der Waals surface area contributed by atoms with Crippen LogP contribution in [0.4, 0.5) is 0 Å². The van der Waals surface area contributed by atoms with E-state index in [1.54, 1.807) is 18.1 Å². The lowest BCUT2D eigenvalue weighted by Crippen LogP contribution is -2.35. The molecule has 2 aromatic heterocycles. The highest BCUT2D eigenvalue weighted by molar-refractivity contribution is 5.91. The lowest BCUT2D eigenvalue weighted by molar-refractivity contribution is -0.122. The Morgan fingerprint density at radius 1 is 1.15 bits per heavy atom. The monoisotopic (exact) mass is 467 g/mol. The van der Waals surface area contributed by atoms with E-state index in [0.29, 0.717) is 31.2 Å². The highest BCUT2D eigenvalue weighted by atomic mass is 16.5. The maximum Gasteiger partial charge on any atom is 0.290 e. The van der Waals surface area contributed by atoms with Crippen molar-refractivity contribution in [3.63, 3.8) is 0 Å². The SMILES string of the molecule is COC(c1ccccc1)c1nc2c(o1)CCN(C(=O)c1ccc(CN3CCCC3)o1)C2.O=CO. The average Bonchev–Trinajstić information content (AvgIpc) is 3.61. The van der Waals surface area contributed by atoms with Crippen LogP contribution in [0.5, 0.6) is 0 Å². The number of likely N-dealkylation sites (tertiary alicyclic amines) is 1. The van der Waals surface area contributed by atoms with Crippen LogP contribution >= 0.6 is 0 Å². The van der Waals surface area contributed by atoms with Gasteiger partial charge in [0.15, 0.2) is 11.9 Å². The fraction of sp³-hybridized carbons (Fsp3) is 0.400. The molecule has 0 aliphatic carbocycles. The minimum atomic E-state index is -0.367. The van der Waals surface area contributed by atoms with E-state index in [1.165, 1.54) is 12.8 Å². The molecule has 2 aliphatic heterocycles. The number of amides is 1. The summed E-state index contributed by atoms with van der Waals surface area (Å²) in [7, 11) is 1.65. The molecule has 1 N–H and O–H groups in total. The highest BCUT2D eigenvalue weighted by Crippen LogP contribution is 2.29. The third kappa shape index (κ3) is 5.37. The summed E-state index contributed by atoms with van der Waals surface area (Å²) in [6, 6.07) is 13.6. The van der Waals surface area contributed by atoms with Gasteiger partial charge in [-0.2, -0.15) is 0 Å². The van der Waals surface area contributed by atoms with Gasteiger partial charge in [-0.3, -0.25) is 14.5 Å². The summed E-state index contributed by atoms with van der Waals surface area (Å²) in [5.41, 5.74) is 1.77. The van der Waals surface area contributed by atoms with Crippen molar-refractivity contribution in [1.82, 2.24) is 14.8 Å². The molecule has 1 aromatic carbocycles. The molecule has 1 amide bonds. The molecule has 1 saturated heterocycles. The summed E-state index contributed by atoms with van der Waals surface area (Å²) >= 11 is 0. The molecule has 3 aromatic rings. The van der Waals surface area contributed by atoms with Gasteiger partial charge in [-0.1, -0.05) is 30.3 Å². The molecule has 0 spiro atoms. The molecular formula is C25H29N3O6. The molecule has 0 radical (unpaired) electrons. The van der Waals surface area contributed by atoms with Gasteiger partial charge in [0.1, 0.15) is 17.2 Å². The number of carbonyl (C=O) groups excluding carboxylic acids is 1. The Morgan fingerprint density at radius 2 is 1.88 bits per heavy atom. The number of fused-ring (bicyclic) bond motifs is 1. The first-order chi connectivity index (χ1) is 16.6. The number of aromatic nitrogens is 1. The third-order valence-corrected chi connectivity index (χ3v) is 6.04. The zero-order valence-electron chi connectivity index (χ0n) is 19.2. The van der Waals surface area contributed by atoms with Crippen molar-refractivity contribution in [3.05, 3.63) is 76.9 Å². The van der Waals surface area contributed by atoms with E-state index in [4.69, 9.17) is 23.5 Å². The number of nitrogens with zero attached hydrogens (tertiary/aromatic N) is 3. The number of carbonyl (C=O) groups is 2. The summed E-state index contributed by atoms with van der Waals surface area (Å²) in [4.78, 5) is 30.2. The number of hydrogen-bond acceptors (Lipinski definition) is 7. The van der Waals surface area contributed by atoms with Crippen molar-refractivity contribution >= 4 is 12.4 Å². The van der Waals surface area contributed by atoms with Crippen LogP contribution in [0.25, 0.3) is 0 Å². The normalized spacial score (nSPS) is 16.4. The number of methoxy groups -OCH3 is 1. The second kappa shape index (κ2) is 11.1. The number of rotatable bonds is 6. The maximum atomic E-state index is 13.0. The number of furan rings is 1. The van der Waals surface area contributed by atoms with Gasteiger partial charge in [0, 0.05) is 20.1 Å². The molecule has 0 saturated carbocycles. The van der Waals surface area contributed by atoms with E-state index in [0.717, 1.165) is 42.4 Å². The molecule has 4 heterocycles. The largest absolute Gasteiger partial charge is 0.483 e. The summed E-state index contributed by atoms with van der Waals surface area (Å²) in [5, 5.41) is 6.89. The topological polar surface area (TPSA) is 109 Å². The van der Waals surface area contributed by atoms with Gasteiger partial charge in [-0.05, 0) is 43.6 Å². The predicted molar refractivity (Wildman–Crippen MR) is 122 cm³/mol. The van der Waals surface area contributed by atoms with Gasteiger partial charge in [0.25, 0.3) is 12.4 Å². The average molecular weight is 468 g/mol. The van der Waals surface area contributed by atoms with E-state index in [2.05, 4.69) is 9.88 Å².